The Hall–Kier alpha value is -1.64. The number of halogens is 3. The van der Waals surface area contributed by atoms with Crippen molar-refractivity contribution in [2.45, 2.75) is 4.90 Å². The predicted molar refractivity (Wildman–Crippen MR) is 73.7 cm³/mol. The molecule has 106 valence electrons. The van der Waals surface area contributed by atoms with Crippen LogP contribution in [0.5, 0.6) is 0 Å². The Labute approximate surface area is 123 Å². The average molecular weight is 337 g/mol. The molecule has 2 rings (SSSR count). The van der Waals surface area contributed by atoms with Crippen LogP contribution in [0.25, 0.3) is 0 Å². The van der Waals surface area contributed by atoms with Crippen LogP contribution in [0.15, 0.2) is 29.4 Å². The van der Waals surface area contributed by atoms with E-state index in [4.69, 9.17) is 28.9 Å². The summed E-state index contributed by atoms with van der Waals surface area (Å²) in [5, 5.41) is -0.421. The lowest BCUT2D eigenvalue weighted by Crippen LogP contribution is -2.16. The van der Waals surface area contributed by atoms with Gasteiger partial charge in [-0.05, 0) is 18.2 Å². The van der Waals surface area contributed by atoms with Crippen molar-refractivity contribution in [3.8, 4) is 0 Å². The Kier molecular flexibility index (Phi) is 3.98. The first-order chi connectivity index (χ1) is 9.31. The van der Waals surface area contributed by atoms with Gasteiger partial charge >= 0.3 is 0 Å². The number of sulfonamides is 1. The Bertz CT molecular complexity index is 750. The van der Waals surface area contributed by atoms with Gasteiger partial charge in [-0.25, -0.2) is 22.8 Å². The van der Waals surface area contributed by atoms with Crippen molar-refractivity contribution < 1.29 is 12.8 Å². The maximum absolute atomic E-state index is 13.6. The molecular weight excluding hydrogens is 330 g/mol. The number of anilines is 2. The van der Waals surface area contributed by atoms with Crippen molar-refractivity contribution in [1.29, 1.82) is 0 Å². The van der Waals surface area contributed by atoms with Crippen LogP contribution in [-0.4, -0.2) is 18.4 Å². The van der Waals surface area contributed by atoms with E-state index in [0.29, 0.717) is 0 Å². The summed E-state index contributed by atoms with van der Waals surface area (Å²) in [5.41, 5.74) is 5.29. The molecule has 6 nitrogen and oxygen atoms in total. The molecule has 1 aromatic carbocycles. The van der Waals surface area contributed by atoms with Crippen LogP contribution in [-0.2, 0) is 10.0 Å². The lowest BCUT2D eigenvalue weighted by molar-refractivity contribution is 0.570. The molecule has 0 saturated carbocycles. The maximum Gasteiger partial charge on any atom is 0.265 e. The Morgan fingerprint density at radius 2 is 1.80 bits per heavy atom. The van der Waals surface area contributed by atoms with Crippen LogP contribution >= 0.6 is 23.2 Å². The van der Waals surface area contributed by atoms with Crippen molar-refractivity contribution in [1.82, 2.24) is 9.97 Å². The van der Waals surface area contributed by atoms with Crippen LogP contribution in [0, 0.1) is 5.82 Å². The van der Waals surface area contributed by atoms with Gasteiger partial charge in [-0.2, -0.15) is 0 Å². The van der Waals surface area contributed by atoms with Crippen LogP contribution in [0.2, 0.25) is 10.3 Å². The number of hydrogen-bond acceptors (Lipinski definition) is 5. The van der Waals surface area contributed by atoms with E-state index in [2.05, 4.69) is 9.97 Å². The second kappa shape index (κ2) is 5.39. The molecule has 0 aliphatic carbocycles. The highest BCUT2D eigenvalue weighted by Gasteiger charge is 2.22. The Balaban J connectivity index is 2.49. The molecule has 1 aromatic heterocycles. The number of nitrogens with two attached hydrogens (primary N) is 1. The van der Waals surface area contributed by atoms with Crippen LogP contribution in [0.4, 0.5) is 15.8 Å². The SMILES string of the molecule is Nc1ccc(F)c(S(=O)(=O)Nc2c(Cl)ncnc2Cl)c1. The molecule has 1 heterocycles. The minimum absolute atomic E-state index is 0.0910. The zero-order valence-electron chi connectivity index (χ0n) is 9.64. The summed E-state index contributed by atoms with van der Waals surface area (Å²) in [4.78, 5) is 6.53. The monoisotopic (exact) mass is 336 g/mol. The zero-order valence-corrected chi connectivity index (χ0v) is 12.0. The molecule has 0 unspecified atom stereocenters. The van der Waals surface area contributed by atoms with Gasteiger partial charge < -0.3 is 5.73 Å². The summed E-state index contributed by atoms with van der Waals surface area (Å²) in [6.45, 7) is 0. The molecule has 0 bridgehead atoms. The van der Waals surface area contributed by atoms with Crippen LogP contribution in [0.1, 0.15) is 0 Å². The quantitative estimate of drug-likeness (QED) is 0.662. The number of aromatic nitrogens is 2. The lowest BCUT2D eigenvalue weighted by Gasteiger charge is -2.10. The summed E-state index contributed by atoms with van der Waals surface area (Å²) in [6.07, 6.45) is 1.06. The number of nitrogens with zero attached hydrogens (tertiary/aromatic N) is 2. The molecule has 20 heavy (non-hydrogen) atoms. The smallest absolute Gasteiger partial charge is 0.265 e. The van der Waals surface area contributed by atoms with Crippen molar-refractivity contribution in [2.75, 3.05) is 10.5 Å². The van der Waals surface area contributed by atoms with E-state index in [1.54, 1.807) is 0 Å². The number of hydrogen-bond donors (Lipinski definition) is 2. The van der Waals surface area contributed by atoms with E-state index in [9.17, 15) is 12.8 Å². The molecule has 0 amide bonds. The van der Waals surface area contributed by atoms with Crippen molar-refractivity contribution in [3.05, 3.63) is 40.6 Å². The first-order valence-electron chi connectivity index (χ1n) is 5.05. The normalized spacial score (nSPS) is 11.3. The van der Waals surface area contributed by atoms with Gasteiger partial charge in [-0.3, -0.25) is 4.72 Å². The van der Waals surface area contributed by atoms with E-state index < -0.39 is 20.7 Å². The number of rotatable bonds is 3. The molecule has 2 aromatic rings. The predicted octanol–water partition coefficient (Wildman–Crippen LogP) is 2.31. The van der Waals surface area contributed by atoms with Crippen molar-refractivity contribution in [2.24, 2.45) is 0 Å². The minimum Gasteiger partial charge on any atom is -0.399 e. The largest absolute Gasteiger partial charge is 0.399 e. The van der Waals surface area contributed by atoms with Crippen molar-refractivity contribution in [3.63, 3.8) is 0 Å². The van der Waals surface area contributed by atoms with Gasteiger partial charge in [0.15, 0.2) is 10.3 Å². The van der Waals surface area contributed by atoms with E-state index in [1.807, 2.05) is 4.72 Å². The van der Waals surface area contributed by atoms with Crippen molar-refractivity contribution >= 4 is 44.6 Å². The van der Waals surface area contributed by atoms with E-state index >= 15 is 0 Å². The summed E-state index contributed by atoms with van der Waals surface area (Å²) >= 11 is 11.4. The van der Waals surface area contributed by atoms with Gasteiger partial charge in [0.1, 0.15) is 22.7 Å². The number of benzene rings is 1. The molecule has 0 fully saturated rings. The highest BCUT2D eigenvalue weighted by Crippen LogP contribution is 2.29. The maximum atomic E-state index is 13.6. The second-order valence-corrected chi connectivity index (χ2v) is 5.99. The van der Waals surface area contributed by atoms with E-state index in [1.165, 1.54) is 6.07 Å². The second-order valence-electron chi connectivity index (χ2n) is 3.63. The number of nitrogen functional groups attached to an aromatic ring is 1. The summed E-state index contributed by atoms with van der Waals surface area (Å²) in [6, 6.07) is 3.15. The van der Waals surface area contributed by atoms with Crippen LogP contribution < -0.4 is 10.5 Å². The third kappa shape index (κ3) is 2.92. The van der Waals surface area contributed by atoms with Gasteiger partial charge in [0, 0.05) is 5.69 Å². The molecule has 3 N–H and O–H groups in total. The first-order valence-corrected chi connectivity index (χ1v) is 7.29. The molecule has 0 aliphatic heterocycles. The molecule has 10 heteroatoms. The topological polar surface area (TPSA) is 98.0 Å². The summed E-state index contributed by atoms with van der Waals surface area (Å²) < 4.78 is 39.8. The standard InChI is InChI=1S/C10H7Cl2FN4O2S/c11-9-8(10(12)16-4-15-9)17-20(18,19)7-3-5(14)1-2-6(7)13/h1-4,17H,14H2. The van der Waals surface area contributed by atoms with Gasteiger partial charge in [0.25, 0.3) is 10.0 Å². The minimum atomic E-state index is -4.27. The van der Waals surface area contributed by atoms with E-state index in [-0.39, 0.29) is 21.7 Å². The van der Waals surface area contributed by atoms with Gasteiger partial charge in [0.05, 0.1) is 0 Å². The molecular formula is C10H7Cl2FN4O2S. The van der Waals surface area contributed by atoms with Gasteiger partial charge in [0.2, 0.25) is 0 Å². The van der Waals surface area contributed by atoms with Gasteiger partial charge in [-0.15, -0.1) is 0 Å². The third-order valence-electron chi connectivity index (χ3n) is 2.24. The third-order valence-corrected chi connectivity index (χ3v) is 4.17. The Morgan fingerprint density at radius 3 is 2.40 bits per heavy atom. The fourth-order valence-corrected chi connectivity index (χ4v) is 3.05. The molecule has 0 radical (unpaired) electrons. The molecule has 0 saturated heterocycles. The van der Waals surface area contributed by atoms with Gasteiger partial charge in [-0.1, -0.05) is 23.2 Å². The van der Waals surface area contributed by atoms with Crippen LogP contribution in [0.3, 0.4) is 0 Å². The Morgan fingerprint density at radius 1 is 1.20 bits per heavy atom. The van der Waals surface area contributed by atoms with E-state index in [0.717, 1.165) is 18.5 Å². The highest BCUT2D eigenvalue weighted by atomic mass is 35.5. The summed E-state index contributed by atoms with van der Waals surface area (Å²) in [5.74, 6) is -0.962. The number of nitrogens with one attached hydrogen (secondary N) is 1. The first kappa shape index (κ1) is 14.8. The molecule has 0 atom stereocenters. The fourth-order valence-electron chi connectivity index (χ4n) is 1.34. The fraction of sp³-hybridized carbons (Fsp3) is 0. The average Bonchev–Trinajstić information content (AvgIpc) is 2.37. The summed E-state index contributed by atoms with van der Waals surface area (Å²) in [7, 11) is -4.27. The highest BCUT2D eigenvalue weighted by molar-refractivity contribution is 7.92. The molecule has 0 spiro atoms. The zero-order chi connectivity index (χ0) is 14.9. The molecule has 0 aliphatic rings. The lowest BCUT2D eigenvalue weighted by atomic mass is 10.3.